The van der Waals surface area contributed by atoms with Gasteiger partial charge in [0.15, 0.2) is 5.75 Å². The quantitative estimate of drug-likeness (QED) is 0.560. The Bertz CT molecular complexity index is 1250. The molecule has 34 heavy (non-hydrogen) atoms. The Hall–Kier alpha value is -3.80. The van der Waals surface area contributed by atoms with Crippen LogP contribution >= 0.6 is 0 Å². The van der Waals surface area contributed by atoms with Gasteiger partial charge in [0, 0.05) is 25.7 Å². The van der Waals surface area contributed by atoms with Crippen molar-refractivity contribution < 1.29 is 14.3 Å². The van der Waals surface area contributed by atoms with Gasteiger partial charge in [-0.3, -0.25) is 4.79 Å². The van der Waals surface area contributed by atoms with Crippen LogP contribution in [0.25, 0.3) is 0 Å². The van der Waals surface area contributed by atoms with Crippen molar-refractivity contribution in [3.05, 3.63) is 83.4 Å². The number of para-hydroxylation sites is 1. The molecule has 0 unspecified atom stereocenters. The third-order valence-electron chi connectivity index (χ3n) is 6.43. The number of piperazine rings is 1. The Morgan fingerprint density at radius 3 is 2.74 bits per heavy atom. The van der Waals surface area contributed by atoms with E-state index in [2.05, 4.69) is 30.9 Å². The van der Waals surface area contributed by atoms with Gasteiger partial charge >= 0.3 is 0 Å². The summed E-state index contributed by atoms with van der Waals surface area (Å²) >= 11 is 0. The van der Waals surface area contributed by atoms with Gasteiger partial charge in [-0.15, -0.1) is 0 Å². The number of ether oxygens (including phenoxy) is 2. The van der Waals surface area contributed by atoms with E-state index in [1.165, 1.54) is 0 Å². The standard InChI is InChI=1S/C28H29N3O3/c1-19-11-12-24-26(15-19)34-25-10-5-4-9-23(25)28(29-24)30-13-14-31(20(2)18-30)27(32)17-21-7-6-8-22(16-21)33-3/h4-12,15-16,20H,13-14,17-18H2,1-3H3/t20-/m1/s1. The normalized spacial score (nSPS) is 17.1. The molecule has 1 fully saturated rings. The lowest BCUT2D eigenvalue weighted by molar-refractivity contribution is -0.134. The van der Waals surface area contributed by atoms with Crippen molar-refractivity contribution in [1.82, 2.24) is 9.80 Å². The second-order valence-corrected chi connectivity index (χ2v) is 8.92. The van der Waals surface area contributed by atoms with Crippen LogP contribution in [0, 0.1) is 6.92 Å². The third-order valence-corrected chi connectivity index (χ3v) is 6.43. The molecule has 1 amide bonds. The van der Waals surface area contributed by atoms with Crippen molar-refractivity contribution in [3.63, 3.8) is 0 Å². The number of hydrogen-bond donors (Lipinski definition) is 0. The molecule has 3 aromatic carbocycles. The van der Waals surface area contributed by atoms with Crippen LogP contribution in [0.15, 0.2) is 71.7 Å². The lowest BCUT2D eigenvalue weighted by Gasteiger charge is -2.41. The van der Waals surface area contributed by atoms with Gasteiger partial charge in [0.25, 0.3) is 0 Å². The summed E-state index contributed by atoms with van der Waals surface area (Å²) in [6, 6.07) is 21.9. The molecule has 0 N–H and O–H groups in total. The van der Waals surface area contributed by atoms with E-state index in [1.54, 1.807) is 7.11 Å². The Balaban J connectivity index is 1.37. The van der Waals surface area contributed by atoms with E-state index in [0.29, 0.717) is 26.1 Å². The smallest absolute Gasteiger partial charge is 0.227 e. The molecule has 0 aliphatic carbocycles. The number of nitrogens with zero attached hydrogens (tertiary/aromatic N) is 3. The molecule has 2 aliphatic rings. The van der Waals surface area contributed by atoms with E-state index in [1.807, 2.05) is 59.5 Å². The molecule has 0 bridgehead atoms. The number of aryl methyl sites for hydroxylation is 1. The van der Waals surface area contributed by atoms with Crippen molar-refractivity contribution >= 4 is 17.4 Å². The summed E-state index contributed by atoms with van der Waals surface area (Å²) in [4.78, 5) is 22.4. The molecule has 0 aromatic heterocycles. The molecule has 0 spiro atoms. The lowest BCUT2D eigenvalue weighted by Crippen LogP contribution is -2.55. The monoisotopic (exact) mass is 455 g/mol. The number of rotatable bonds is 3. The summed E-state index contributed by atoms with van der Waals surface area (Å²) in [6.45, 7) is 6.22. The number of aliphatic imine (C=N–C) groups is 1. The highest BCUT2D eigenvalue weighted by atomic mass is 16.5. The molecule has 6 heteroatoms. The fourth-order valence-corrected chi connectivity index (χ4v) is 4.65. The van der Waals surface area contributed by atoms with E-state index in [-0.39, 0.29) is 11.9 Å². The fourth-order valence-electron chi connectivity index (χ4n) is 4.65. The average molecular weight is 456 g/mol. The number of methoxy groups -OCH3 is 1. The first-order valence-electron chi connectivity index (χ1n) is 11.7. The molecule has 1 atom stereocenters. The van der Waals surface area contributed by atoms with Gasteiger partial charge in [-0.1, -0.05) is 30.3 Å². The predicted octanol–water partition coefficient (Wildman–Crippen LogP) is 4.96. The number of amidine groups is 1. The van der Waals surface area contributed by atoms with Gasteiger partial charge in [-0.2, -0.15) is 0 Å². The van der Waals surface area contributed by atoms with Crippen molar-refractivity contribution in [2.45, 2.75) is 26.3 Å². The largest absolute Gasteiger partial charge is 0.497 e. The predicted molar refractivity (Wildman–Crippen MR) is 133 cm³/mol. The van der Waals surface area contributed by atoms with E-state index >= 15 is 0 Å². The summed E-state index contributed by atoms with van der Waals surface area (Å²) in [5, 5.41) is 0. The van der Waals surface area contributed by atoms with Crippen molar-refractivity contribution in [1.29, 1.82) is 0 Å². The van der Waals surface area contributed by atoms with Crippen LogP contribution in [0.4, 0.5) is 5.69 Å². The van der Waals surface area contributed by atoms with E-state index in [4.69, 9.17) is 14.5 Å². The van der Waals surface area contributed by atoms with E-state index in [0.717, 1.165) is 45.5 Å². The lowest BCUT2D eigenvalue weighted by atomic mass is 10.1. The minimum Gasteiger partial charge on any atom is -0.497 e. The molecule has 2 heterocycles. The van der Waals surface area contributed by atoms with Gasteiger partial charge in [0.2, 0.25) is 5.91 Å². The Morgan fingerprint density at radius 2 is 1.91 bits per heavy atom. The molecule has 1 saturated heterocycles. The maximum atomic E-state index is 13.1. The SMILES string of the molecule is COc1cccc(CC(=O)N2CCN(C3=Nc4ccc(C)cc4Oc4ccccc43)C[C@H]2C)c1. The zero-order valence-corrected chi connectivity index (χ0v) is 19.8. The highest BCUT2D eigenvalue weighted by Crippen LogP contribution is 2.38. The molecule has 0 saturated carbocycles. The van der Waals surface area contributed by atoms with Crippen LogP contribution in [0.2, 0.25) is 0 Å². The van der Waals surface area contributed by atoms with Crippen LogP contribution in [-0.4, -0.2) is 54.3 Å². The van der Waals surface area contributed by atoms with Gasteiger partial charge in [0.05, 0.1) is 19.1 Å². The summed E-state index contributed by atoms with van der Waals surface area (Å²) in [6.07, 6.45) is 0.367. The van der Waals surface area contributed by atoms with Crippen molar-refractivity contribution in [2.75, 3.05) is 26.7 Å². The first-order valence-corrected chi connectivity index (χ1v) is 11.7. The van der Waals surface area contributed by atoms with Gasteiger partial charge in [-0.25, -0.2) is 4.99 Å². The van der Waals surface area contributed by atoms with E-state index in [9.17, 15) is 4.79 Å². The average Bonchev–Trinajstić information content (AvgIpc) is 3.00. The third kappa shape index (κ3) is 4.36. The minimum absolute atomic E-state index is 0.0587. The molecule has 2 aliphatic heterocycles. The first kappa shape index (κ1) is 22.0. The summed E-state index contributed by atoms with van der Waals surface area (Å²) < 4.78 is 11.6. The van der Waals surface area contributed by atoms with Crippen molar-refractivity contribution in [2.24, 2.45) is 4.99 Å². The fraction of sp³-hybridized carbons (Fsp3) is 0.286. The Kier molecular flexibility index (Phi) is 5.97. The summed E-state index contributed by atoms with van der Waals surface area (Å²) in [7, 11) is 1.64. The summed E-state index contributed by atoms with van der Waals surface area (Å²) in [5.41, 5.74) is 3.89. The van der Waals surface area contributed by atoms with Gasteiger partial charge in [-0.05, 0) is 61.4 Å². The molecule has 6 nitrogen and oxygen atoms in total. The highest BCUT2D eigenvalue weighted by Gasteiger charge is 2.31. The van der Waals surface area contributed by atoms with Crippen molar-refractivity contribution in [3.8, 4) is 17.2 Å². The maximum absolute atomic E-state index is 13.1. The number of benzene rings is 3. The second kappa shape index (κ2) is 9.21. The second-order valence-electron chi connectivity index (χ2n) is 8.92. The number of carbonyl (C=O) groups is 1. The number of hydrogen-bond acceptors (Lipinski definition) is 5. The topological polar surface area (TPSA) is 54.4 Å². The highest BCUT2D eigenvalue weighted by molar-refractivity contribution is 6.04. The number of fused-ring (bicyclic) bond motifs is 2. The van der Waals surface area contributed by atoms with Crippen LogP contribution in [-0.2, 0) is 11.2 Å². The molecular formula is C28H29N3O3. The molecule has 3 aromatic rings. The van der Waals surface area contributed by atoms with Gasteiger partial charge in [0.1, 0.15) is 23.0 Å². The van der Waals surface area contributed by atoms with Gasteiger partial charge < -0.3 is 19.3 Å². The number of amides is 1. The van der Waals surface area contributed by atoms with Crippen LogP contribution in [0.1, 0.15) is 23.6 Å². The number of carbonyl (C=O) groups excluding carboxylic acids is 1. The Morgan fingerprint density at radius 1 is 1.06 bits per heavy atom. The van der Waals surface area contributed by atoms with E-state index < -0.39 is 0 Å². The van der Waals surface area contributed by atoms with Crippen LogP contribution in [0.3, 0.4) is 0 Å². The van der Waals surface area contributed by atoms with Crippen LogP contribution < -0.4 is 9.47 Å². The molecule has 5 rings (SSSR count). The van der Waals surface area contributed by atoms with Crippen LogP contribution in [0.5, 0.6) is 17.2 Å². The minimum atomic E-state index is 0.0587. The first-order chi connectivity index (χ1) is 16.5. The zero-order chi connectivity index (χ0) is 23.7. The zero-order valence-electron chi connectivity index (χ0n) is 19.8. The molecule has 174 valence electrons. The Labute approximate surface area is 200 Å². The molecular weight excluding hydrogens is 426 g/mol. The summed E-state index contributed by atoms with van der Waals surface area (Å²) in [5.74, 6) is 3.36. The maximum Gasteiger partial charge on any atom is 0.227 e. The molecule has 0 radical (unpaired) electrons.